The summed E-state index contributed by atoms with van der Waals surface area (Å²) in [4.78, 5) is 11.7. The van der Waals surface area contributed by atoms with Crippen molar-refractivity contribution in [1.82, 2.24) is 0 Å². The van der Waals surface area contributed by atoms with Crippen molar-refractivity contribution in [3.05, 3.63) is 64.7 Å². The van der Waals surface area contributed by atoms with Gasteiger partial charge in [-0.25, -0.2) is 0 Å². The third-order valence-corrected chi connectivity index (χ3v) is 3.74. The molecule has 0 saturated carbocycles. The maximum Gasteiger partial charge on any atom is 0.229 e. The number of carbonyl (C=O) groups is 1. The van der Waals surface area contributed by atoms with Gasteiger partial charge in [0.05, 0.1) is 13.0 Å². The van der Waals surface area contributed by atoms with Crippen LogP contribution in [0.3, 0.4) is 0 Å². The highest BCUT2D eigenvalue weighted by atomic mass is 35.5. The number of halogens is 2. The largest absolute Gasteiger partial charge is 0.497 e. The molecule has 0 spiro atoms. The third-order valence-electron chi connectivity index (χ3n) is 3.13. The van der Waals surface area contributed by atoms with E-state index in [9.17, 15) is 4.79 Å². The lowest BCUT2D eigenvalue weighted by molar-refractivity contribution is -0.113. The van der Waals surface area contributed by atoms with Crippen LogP contribution in [0, 0.1) is 0 Å². The maximum atomic E-state index is 11.7. The molecule has 2 aromatic carbocycles. The minimum Gasteiger partial charge on any atom is -0.497 e. The normalized spacial score (nSPS) is 11.9. The van der Waals surface area contributed by atoms with Crippen LogP contribution >= 0.6 is 23.2 Å². The monoisotopic (exact) mass is 308 g/mol. The molecule has 0 saturated heterocycles. The summed E-state index contributed by atoms with van der Waals surface area (Å²) in [6, 6.07) is 14.8. The van der Waals surface area contributed by atoms with Crippen LogP contribution in [0.1, 0.15) is 17.0 Å². The summed E-state index contributed by atoms with van der Waals surface area (Å²) in [5.41, 5.74) is 1.72. The van der Waals surface area contributed by atoms with Gasteiger partial charge in [-0.2, -0.15) is 0 Å². The van der Waals surface area contributed by atoms with E-state index in [1.54, 1.807) is 13.2 Å². The zero-order valence-electron chi connectivity index (χ0n) is 11.0. The Kier molecular flexibility index (Phi) is 5.05. The van der Waals surface area contributed by atoms with Crippen molar-refractivity contribution >= 4 is 28.4 Å². The van der Waals surface area contributed by atoms with Crippen molar-refractivity contribution in [2.45, 2.75) is 12.3 Å². The van der Waals surface area contributed by atoms with Crippen LogP contribution in [-0.2, 0) is 11.2 Å². The molecule has 0 aliphatic rings. The first-order valence-electron chi connectivity index (χ1n) is 6.18. The predicted octanol–water partition coefficient (Wildman–Crippen LogP) is 4.44. The van der Waals surface area contributed by atoms with Gasteiger partial charge in [-0.3, -0.25) is 4.79 Å². The molecule has 0 aliphatic carbocycles. The van der Waals surface area contributed by atoms with E-state index < -0.39 is 11.2 Å². The Hall–Kier alpha value is -1.51. The Morgan fingerprint density at radius 1 is 1.20 bits per heavy atom. The first-order valence-corrected chi connectivity index (χ1v) is 6.94. The molecule has 2 rings (SSSR count). The van der Waals surface area contributed by atoms with Gasteiger partial charge in [-0.1, -0.05) is 41.9 Å². The minimum atomic E-state index is -0.461. The summed E-state index contributed by atoms with van der Waals surface area (Å²) in [7, 11) is 1.61. The van der Waals surface area contributed by atoms with Gasteiger partial charge in [0.1, 0.15) is 5.75 Å². The molecule has 0 bridgehead atoms. The third kappa shape index (κ3) is 3.53. The molecule has 1 atom stereocenters. The average molecular weight is 309 g/mol. The molecule has 0 aliphatic heterocycles. The summed E-state index contributed by atoms with van der Waals surface area (Å²) in [6.07, 6.45) is 0.489. The lowest BCUT2D eigenvalue weighted by atomic mass is 9.93. The Morgan fingerprint density at radius 2 is 1.95 bits per heavy atom. The van der Waals surface area contributed by atoms with Crippen LogP contribution in [0.5, 0.6) is 5.75 Å². The predicted molar refractivity (Wildman–Crippen MR) is 81.8 cm³/mol. The molecular weight excluding hydrogens is 295 g/mol. The number of ether oxygens (including phenoxy) is 1. The molecule has 104 valence electrons. The maximum absolute atomic E-state index is 11.7. The Bertz CT molecular complexity index is 611. The summed E-state index contributed by atoms with van der Waals surface area (Å²) >= 11 is 11.9. The van der Waals surface area contributed by atoms with Gasteiger partial charge in [0.15, 0.2) is 0 Å². The lowest BCUT2D eigenvalue weighted by Gasteiger charge is -2.15. The molecule has 0 N–H and O–H groups in total. The number of rotatable bonds is 5. The highest BCUT2D eigenvalue weighted by molar-refractivity contribution is 6.64. The van der Waals surface area contributed by atoms with Crippen molar-refractivity contribution in [2.24, 2.45) is 0 Å². The number of carbonyl (C=O) groups excluding carboxylic acids is 1. The van der Waals surface area contributed by atoms with Crippen LogP contribution in [0.4, 0.5) is 0 Å². The molecule has 0 radical (unpaired) electrons. The second kappa shape index (κ2) is 6.78. The van der Waals surface area contributed by atoms with Gasteiger partial charge in [0.25, 0.3) is 0 Å². The van der Waals surface area contributed by atoms with E-state index in [2.05, 4.69) is 0 Å². The van der Waals surface area contributed by atoms with Crippen molar-refractivity contribution < 1.29 is 9.53 Å². The lowest BCUT2D eigenvalue weighted by Crippen LogP contribution is -2.11. The molecule has 0 heterocycles. The topological polar surface area (TPSA) is 26.3 Å². The van der Waals surface area contributed by atoms with E-state index in [0.29, 0.717) is 11.4 Å². The molecular formula is C16H14Cl2O2. The minimum absolute atomic E-state index is 0.416. The van der Waals surface area contributed by atoms with E-state index in [1.807, 2.05) is 42.5 Å². The highest BCUT2D eigenvalue weighted by Gasteiger charge is 2.21. The fourth-order valence-electron chi connectivity index (χ4n) is 2.11. The van der Waals surface area contributed by atoms with Crippen molar-refractivity contribution in [3.63, 3.8) is 0 Å². The second-order valence-corrected chi connectivity index (χ2v) is 5.21. The summed E-state index contributed by atoms with van der Waals surface area (Å²) < 4.78 is 5.18. The summed E-state index contributed by atoms with van der Waals surface area (Å²) in [5.74, 6) is 0.292. The van der Waals surface area contributed by atoms with E-state index >= 15 is 0 Å². The van der Waals surface area contributed by atoms with Crippen molar-refractivity contribution in [2.75, 3.05) is 7.11 Å². The van der Waals surface area contributed by atoms with Gasteiger partial charge in [0, 0.05) is 5.02 Å². The standard InChI is InChI=1S/C16H14Cl2O2/c1-20-12-6-4-5-11(9-12)10-14(16(18)19)13-7-2-3-8-15(13)17/h2-9,14H,10H2,1H3. The smallest absolute Gasteiger partial charge is 0.229 e. The van der Waals surface area contributed by atoms with Gasteiger partial charge in [-0.15, -0.1) is 0 Å². The van der Waals surface area contributed by atoms with Crippen LogP contribution in [0.2, 0.25) is 5.02 Å². The van der Waals surface area contributed by atoms with E-state index in [0.717, 1.165) is 16.9 Å². The van der Waals surface area contributed by atoms with Crippen molar-refractivity contribution in [1.29, 1.82) is 0 Å². The van der Waals surface area contributed by atoms with Gasteiger partial charge < -0.3 is 4.74 Å². The fourth-order valence-corrected chi connectivity index (χ4v) is 2.57. The number of hydrogen-bond donors (Lipinski definition) is 0. The van der Waals surface area contributed by atoms with Crippen LogP contribution in [-0.4, -0.2) is 12.4 Å². The van der Waals surface area contributed by atoms with E-state index in [-0.39, 0.29) is 0 Å². The first kappa shape index (κ1) is 14.9. The zero-order chi connectivity index (χ0) is 14.5. The molecule has 0 aromatic heterocycles. The van der Waals surface area contributed by atoms with Crippen molar-refractivity contribution in [3.8, 4) is 5.75 Å². The molecule has 2 aromatic rings. The Morgan fingerprint density at radius 3 is 2.60 bits per heavy atom. The van der Waals surface area contributed by atoms with Crippen LogP contribution in [0.15, 0.2) is 48.5 Å². The molecule has 0 amide bonds. The average Bonchev–Trinajstić information content (AvgIpc) is 2.45. The number of hydrogen-bond acceptors (Lipinski definition) is 2. The SMILES string of the molecule is COc1cccc(CC(C(=O)Cl)c2ccccc2Cl)c1. The van der Waals surface area contributed by atoms with Gasteiger partial charge >= 0.3 is 0 Å². The molecule has 0 fully saturated rings. The van der Waals surface area contributed by atoms with E-state index in [4.69, 9.17) is 27.9 Å². The fraction of sp³-hybridized carbons (Fsp3) is 0.188. The second-order valence-electron chi connectivity index (χ2n) is 4.43. The number of benzene rings is 2. The Balaban J connectivity index is 2.31. The molecule has 20 heavy (non-hydrogen) atoms. The van der Waals surface area contributed by atoms with Crippen LogP contribution in [0.25, 0.3) is 0 Å². The summed E-state index contributed by atoms with van der Waals surface area (Å²) in [6.45, 7) is 0. The molecule has 2 nitrogen and oxygen atoms in total. The quantitative estimate of drug-likeness (QED) is 0.763. The molecule has 4 heteroatoms. The first-order chi connectivity index (χ1) is 9.61. The molecule has 1 unspecified atom stereocenters. The van der Waals surface area contributed by atoms with E-state index in [1.165, 1.54) is 0 Å². The highest BCUT2D eigenvalue weighted by Crippen LogP contribution is 2.30. The van der Waals surface area contributed by atoms with Gasteiger partial charge in [0.2, 0.25) is 5.24 Å². The van der Waals surface area contributed by atoms with Gasteiger partial charge in [-0.05, 0) is 47.3 Å². The Labute approximate surface area is 128 Å². The zero-order valence-corrected chi connectivity index (χ0v) is 12.5. The number of methoxy groups -OCH3 is 1. The summed E-state index contributed by atoms with van der Waals surface area (Å²) in [5, 5.41) is 0.135. The van der Waals surface area contributed by atoms with Crippen LogP contribution < -0.4 is 4.74 Å².